The van der Waals surface area contributed by atoms with Crippen LogP contribution < -0.4 is 5.73 Å². The summed E-state index contributed by atoms with van der Waals surface area (Å²) in [7, 11) is 0. The van der Waals surface area contributed by atoms with Gasteiger partial charge in [-0.1, -0.05) is 19.4 Å². The Labute approximate surface area is 94.3 Å². The third-order valence-electron chi connectivity index (χ3n) is 3.04. The summed E-state index contributed by atoms with van der Waals surface area (Å²) >= 11 is 0. The molecule has 0 aromatic heterocycles. The van der Waals surface area contributed by atoms with E-state index < -0.39 is 22.9 Å². The molecule has 5 nitrogen and oxygen atoms in total. The predicted octanol–water partition coefficient (Wildman–Crippen LogP) is 0.688. The van der Waals surface area contributed by atoms with Gasteiger partial charge in [-0.3, -0.25) is 9.59 Å². The lowest BCUT2D eigenvalue weighted by atomic mass is 10.0. The van der Waals surface area contributed by atoms with E-state index in [4.69, 9.17) is 15.6 Å². The molecule has 0 amide bonds. The maximum Gasteiger partial charge on any atom is 0.325 e. The number of aliphatic carboxylic acids is 1. The molecule has 2 unspecified atom stereocenters. The second kappa shape index (κ2) is 4.25. The van der Waals surface area contributed by atoms with Gasteiger partial charge in [-0.05, 0) is 12.8 Å². The van der Waals surface area contributed by atoms with Gasteiger partial charge in [0.15, 0.2) is 5.41 Å². The van der Waals surface area contributed by atoms with Gasteiger partial charge >= 0.3 is 11.9 Å². The van der Waals surface area contributed by atoms with Crippen molar-refractivity contribution in [1.82, 2.24) is 0 Å². The summed E-state index contributed by atoms with van der Waals surface area (Å²) < 4.78 is 4.92. The van der Waals surface area contributed by atoms with Gasteiger partial charge in [0.2, 0.25) is 0 Å². The zero-order valence-corrected chi connectivity index (χ0v) is 9.36. The van der Waals surface area contributed by atoms with Crippen molar-refractivity contribution in [3.63, 3.8) is 0 Å². The minimum absolute atomic E-state index is 0.0593. The average Bonchev–Trinajstić information content (AvgIpc) is 2.88. The fourth-order valence-corrected chi connectivity index (χ4v) is 1.70. The lowest BCUT2D eigenvalue weighted by molar-refractivity contribution is -0.162. The van der Waals surface area contributed by atoms with Gasteiger partial charge in [0, 0.05) is 0 Å². The van der Waals surface area contributed by atoms with Crippen LogP contribution in [0.3, 0.4) is 0 Å². The van der Waals surface area contributed by atoms with Crippen molar-refractivity contribution in [1.29, 1.82) is 0 Å². The number of nitrogens with two attached hydrogens (primary N) is 1. The van der Waals surface area contributed by atoms with Crippen LogP contribution in [0.15, 0.2) is 12.7 Å². The Morgan fingerprint density at radius 2 is 2.25 bits per heavy atom. The second-order valence-corrected chi connectivity index (χ2v) is 4.12. The highest BCUT2D eigenvalue weighted by atomic mass is 16.5. The van der Waals surface area contributed by atoms with E-state index in [1.54, 1.807) is 0 Å². The smallest absolute Gasteiger partial charge is 0.325 e. The molecule has 1 saturated carbocycles. The van der Waals surface area contributed by atoms with Gasteiger partial charge < -0.3 is 15.6 Å². The zero-order valence-electron chi connectivity index (χ0n) is 9.36. The molecule has 3 N–H and O–H groups in total. The van der Waals surface area contributed by atoms with E-state index in [2.05, 4.69) is 6.58 Å². The normalized spacial score (nSPS) is 31.9. The molecule has 1 aliphatic carbocycles. The first-order valence-corrected chi connectivity index (χ1v) is 5.27. The third-order valence-corrected chi connectivity index (χ3v) is 3.04. The van der Waals surface area contributed by atoms with Gasteiger partial charge in [0.25, 0.3) is 0 Å². The quantitative estimate of drug-likeness (QED) is 0.301. The number of ether oxygens (including phenoxy) is 1. The molecule has 5 heteroatoms. The third kappa shape index (κ3) is 1.71. The van der Waals surface area contributed by atoms with Crippen molar-refractivity contribution in [2.45, 2.75) is 31.7 Å². The highest BCUT2D eigenvalue weighted by Crippen LogP contribution is 2.56. The van der Waals surface area contributed by atoms with Crippen molar-refractivity contribution in [3.05, 3.63) is 12.7 Å². The summed E-state index contributed by atoms with van der Waals surface area (Å²) in [6.07, 6.45) is 2.96. The SMILES string of the molecule is C=CC1(N)CC1(C(=O)O)C(=O)OCCCC. The molecule has 90 valence electrons. The number of carboxylic acids is 1. The number of hydrogen-bond donors (Lipinski definition) is 2. The number of carbonyl (C=O) groups is 2. The van der Waals surface area contributed by atoms with Crippen molar-refractivity contribution in [2.24, 2.45) is 11.1 Å². The van der Waals surface area contributed by atoms with Crippen molar-refractivity contribution in [2.75, 3.05) is 6.61 Å². The van der Waals surface area contributed by atoms with E-state index in [1.165, 1.54) is 6.08 Å². The molecule has 0 saturated heterocycles. The Kier molecular flexibility index (Phi) is 3.38. The second-order valence-electron chi connectivity index (χ2n) is 4.12. The van der Waals surface area contributed by atoms with Crippen LogP contribution in [0.25, 0.3) is 0 Å². The molecule has 2 atom stereocenters. The number of hydrogen-bond acceptors (Lipinski definition) is 4. The van der Waals surface area contributed by atoms with Crippen LogP contribution in [0.5, 0.6) is 0 Å². The molecule has 1 rings (SSSR count). The fraction of sp³-hybridized carbons (Fsp3) is 0.636. The van der Waals surface area contributed by atoms with Gasteiger partial charge in [-0.25, -0.2) is 0 Å². The van der Waals surface area contributed by atoms with Crippen LogP contribution in [0, 0.1) is 5.41 Å². The van der Waals surface area contributed by atoms with Gasteiger partial charge in [0.1, 0.15) is 0 Å². The summed E-state index contributed by atoms with van der Waals surface area (Å²) in [5, 5.41) is 9.07. The molecule has 1 fully saturated rings. The monoisotopic (exact) mass is 227 g/mol. The summed E-state index contributed by atoms with van der Waals surface area (Å²) in [5.74, 6) is -1.99. The molecule has 0 bridgehead atoms. The van der Waals surface area contributed by atoms with Gasteiger partial charge in [0.05, 0.1) is 12.1 Å². The largest absolute Gasteiger partial charge is 0.480 e. The molecular formula is C11H17NO4. The van der Waals surface area contributed by atoms with E-state index in [-0.39, 0.29) is 13.0 Å². The first-order chi connectivity index (χ1) is 7.44. The van der Waals surface area contributed by atoms with Gasteiger partial charge in [-0.2, -0.15) is 0 Å². The first kappa shape index (κ1) is 12.7. The average molecular weight is 227 g/mol. The maximum atomic E-state index is 11.7. The molecule has 0 aliphatic heterocycles. The maximum absolute atomic E-state index is 11.7. The van der Waals surface area contributed by atoms with E-state index in [0.717, 1.165) is 6.42 Å². The van der Waals surface area contributed by atoms with E-state index in [1.807, 2.05) is 6.92 Å². The lowest BCUT2D eigenvalue weighted by Gasteiger charge is -2.14. The van der Waals surface area contributed by atoms with Crippen LogP contribution in [-0.4, -0.2) is 29.2 Å². The summed E-state index contributed by atoms with van der Waals surface area (Å²) in [6, 6.07) is 0. The van der Waals surface area contributed by atoms with Crippen LogP contribution >= 0.6 is 0 Å². The zero-order chi connectivity index (χ0) is 12.4. The molecule has 1 aliphatic rings. The van der Waals surface area contributed by atoms with E-state index in [9.17, 15) is 9.59 Å². The topological polar surface area (TPSA) is 89.6 Å². The summed E-state index contributed by atoms with van der Waals surface area (Å²) in [4.78, 5) is 22.8. The van der Waals surface area contributed by atoms with E-state index >= 15 is 0 Å². The van der Waals surface area contributed by atoms with Crippen LogP contribution in [0.4, 0.5) is 0 Å². The Morgan fingerprint density at radius 1 is 1.62 bits per heavy atom. The number of rotatable bonds is 6. The van der Waals surface area contributed by atoms with Crippen molar-refractivity contribution < 1.29 is 19.4 Å². The highest BCUT2D eigenvalue weighted by Gasteiger charge is 2.75. The minimum atomic E-state index is -1.62. The molecule has 16 heavy (non-hydrogen) atoms. The Balaban J connectivity index is 2.71. The highest BCUT2D eigenvalue weighted by molar-refractivity contribution is 6.06. The van der Waals surface area contributed by atoms with Gasteiger partial charge in [-0.15, -0.1) is 6.58 Å². The van der Waals surface area contributed by atoms with Crippen molar-refractivity contribution >= 4 is 11.9 Å². The van der Waals surface area contributed by atoms with Crippen molar-refractivity contribution in [3.8, 4) is 0 Å². The Hall–Kier alpha value is -1.36. The number of unbranched alkanes of at least 4 members (excludes halogenated alkanes) is 1. The molecule has 0 radical (unpaired) electrons. The predicted molar refractivity (Wildman–Crippen MR) is 57.7 cm³/mol. The van der Waals surface area contributed by atoms with Crippen LogP contribution in [0.1, 0.15) is 26.2 Å². The number of carboxylic acid groups (broad SMARTS) is 1. The molecule has 0 aromatic carbocycles. The standard InChI is InChI=1S/C11H17NO4/c1-3-5-6-16-9(15)11(8(13)14)7-10(11,12)4-2/h4H,2-3,5-7,12H2,1H3,(H,13,14). The fourth-order valence-electron chi connectivity index (χ4n) is 1.70. The minimum Gasteiger partial charge on any atom is -0.480 e. The van der Waals surface area contributed by atoms with E-state index in [0.29, 0.717) is 6.42 Å². The summed E-state index contributed by atoms with van der Waals surface area (Å²) in [5.41, 5.74) is 2.94. The molecule has 0 spiro atoms. The van der Waals surface area contributed by atoms with Crippen LogP contribution in [-0.2, 0) is 14.3 Å². The lowest BCUT2D eigenvalue weighted by Crippen LogP contribution is -2.40. The Morgan fingerprint density at radius 3 is 2.62 bits per heavy atom. The first-order valence-electron chi connectivity index (χ1n) is 5.27. The Bertz CT molecular complexity index is 328. The molecule has 0 aromatic rings. The summed E-state index contributed by atoms with van der Waals surface area (Å²) in [6.45, 7) is 5.64. The molecule has 0 heterocycles. The van der Waals surface area contributed by atoms with Crippen LogP contribution in [0.2, 0.25) is 0 Å². The molecular weight excluding hydrogens is 210 g/mol. The number of carbonyl (C=O) groups excluding carboxylic acids is 1. The number of esters is 1.